The van der Waals surface area contributed by atoms with E-state index >= 15 is 0 Å². The highest BCUT2D eigenvalue weighted by Crippen LogP contribution is 2.21. The summed E-state index contributed by atoms with van der Waals surface area (Å²) in [5.74, 6) is -0.667. The van der Waals surface area contributed by atoms with Crippen LogP contribution in [0.3, 0.4) is 0 Å². The quantitative estimate of drug-likeness (QED) is 0.923. The van der Waals surface area contributed by atoms with E-state index in [1.807, 2.05) is 6.07 Å². The van der Waals surface area contributed by atoms with E-state index in [2.05, 4.69) is 5.10 Å². The highest BCUT2D eigenvalue weighted by atomic mass is 16.5. The van der Waals surface area contributed by atoms with Gasteiger partial charge in [0.1, 0.15) is 0 Å². The molecule has 1 aromatic carbocycles. The highest BCUT2D eigenvalue weighted by molar-refractivity contribution is 5.95. The Bertz CT molecular complexity index is 675. The van der Waals surface area contributed by atoms with E-state index < -0.39 is 11.5 Å². The zero-order valence-electron chi connectivity index (χ0n) is 12.2. The number of primary amides is 1. The Hall–Kier alpha value is -2.63. The van der Waals surface area contributed by atoms with Crippen LogP contribution in [0.5, 0.6) is 5.88 Å². The molecular weight excluding hydrogens is 270 g/mol. The molecule has 1 heterocycles. The van der Waals surface area contributed by atoms with Crippen molar-refractivity contribution in [3.05, 3.63) is 47.7 Å². The number of benzene rings is 1. The standard InChI is InChI=1S/C15H17N3O3/c1-10-9-18(13(19)11-7-5-4-6-8-11)17-12(10)21-15(2,3)14(16)20/h4-9H,1-3H3,(H2,16,20). The molecule has 0 aliphatic carbocycles. The van der Waals surface area contributed by atoms with Crippen molar-refractivity contribution in [2.45, 2.75) is 26.4 Å². The summed E-state index contributed by atoms with van der Waals surface area (Å²) in [5.41, 5.74) is 5.23. The van der Waals surface area contributed by atoms with Gasteiger partial charge in [-0.15, -0.1) is 5.10 Å². The Morgan fingerprint density at radius 3 is 2.43 bits per heavy atom. The molecule has 0 fully saturated rings. The summed E-state index contributed by atoms with van der Waals surface area (Å²) in [4.78, 5) is 23.6. The molecule has 2 aromatic rings. The second-order valence-corrected chi connectivity index (χ2v) is 5.21. The summed E-state index contributed by atoms with van der Waals surface area (Å²) < 4.78 is 6.69. The first-order chi connectivity index (χ1) is 9.81. The number of nitrogens with two attached hydrogens (primary N) is 1. The number of aromatic nitrogens is 2. The van der Waals surface area contributed by atoms with Crippen molar-refractivity contribution in [2.75, 3.05) is 0 Å². The third kappa shape index (κ3) is 3.10. The number of ether oxygens (including phenoxy) is 1. The summed E-state index contributed by atoms with van der Waals surface area (Å²) in [6, 6.07) is 8.78. The van der Waals surface area contributed by atoms with Gasteiger partial charge < -0.3 is 10.5 Å². The molecule has 0 aliphatic rings. The van der Waals surface area contributed by atoms with Crippen LogP contribution in [-0.4, -0.2) is 27.2 Å². The van der Waals surface area contributed by atoms with Gasteiger partial charge >= 0.3 is 0 Å². The van der Waals surface area contributed by atoms with Gasteiger partial charge in [-0.3, -0.25) is 9.59 Å². The minimum atomic E-state index is -1.19. The minimum Gasteiger partial charge on any atom is -0.460 e. The average molecular weight is 287 g/mol. The summed E-state index contributed by atoms with van der Waals surface area (Å²) in [7, 11) is 0. The maximum absolute atomic E-state index is 12.3. The third-order valence-electron chi connectivity index (χ3n) is 3.03. The summed E-state index contributed by atoms with van der Waals surface area (Å²) in [5, 5.41) is 4.09. The molecule has 0 spiro atoms. The first-order valence-corrected chi connectivity index (χ1v) is 6.46. The molecule has 2 rings (SSSR count). The number of hydrogen-bond acceptors (Lipinski definition) is 4. The van der Waals surface area contributed by atoms with E-state index in [4.69, 9.17) is 10.5 Å². The zero-order valence-corrected chi connectivity index (χ0v) is 12.2. The Balaban J connectivity index is 2.28. The molecule has 0 aliphatic heterocycles. The number of carbonyl (C=O) groups excluding carboxylic acids is 2. The Labute approximate surface area is 122 Å². The number of carbonyl (C=O) groups is 2. The van der Waals surface area contributed by atoms with Gasteiger partial charge in [0.2, 0.25) is 5.88 Å². The number of hydrogen-bond donors (Lipinski definition) is 1. The lowest BCUT2D eigenvalue weighted by Gasteiger charge is -2.21. The lowest BCUT2D eigenvalue weighted by Crippen LogP contribution is -2.43. The van der Waals surface area contributed by atoms with Crippen molar-refractivity contribution in [3.63, 3.8) is 0 Å². The van der Waals surface area contributed by atoms with Crippen LogP contribution in [0.1, 0.15) is 29.8 Å². The number of nitrogens with zero attached hydrogens (tertiary/aromatic N) is 2. The van der Waals surface area contributed by atoms with Crippen LogP contribution in [0.4, 0.5) is 0 Å². The molecular formula is C15H17N3O3. The lowest BCUT2D eigenvalue weighted by molar-refractivity contribution is -0.130. The third-order valence-corrected chi connectivity index (χ3v) is 3.03. The Kier molecular flexibility index (Phi) is 3.80. The minimum absolute atomic E-state index is 0.211. The zero-order chi connectivity index (χ0) is 15.6. The van der Waals surface area contributed by atoms with Gasteiger partial charge in [-0.05, 0) is 32.9 Å². The SMILES string of the molecule is Cc1cn(C(=O)c2ccccc2)nc1OC(C)(C)C(N)=O. The monoisotopic (exact) mass is 287 g/mol. The van der Waals surface area contributed by atoms with E-state index in [-0.39, 0.29) is 11.8 Å². The van der Waals surface area contributed by atoms with Crippen molar-refractivity contribution >= 4 is 11.8 Å². The molecule has 1 aromatic heterocycles. The van der Waals surface area contributed by atoms with Gasteiger partial charge in [-0.1, -0.05) is 18.2 Å². The smallest absolute Gasteiger partial charge is 0.278 e. The fraction of sp³-hybridized carbons (Fsp3) is 0.267. The molecule has 6 nitrogen and oxygen atoms in total. The molecule has 0 atom stereocenters. The molecule has 21 heavy (non-hydrogen) atoms. The van der Waals surface area contributed by atoms with E-state index in [1.54, 1.807) is 51.2 Å². The molecule has 110 valence electrons. The number of aryl methyl sites for hydroxylation is 1. The van der Waals surface area contributed by atoms with Gasteiger partial charge in [0, 0.05) is 17.3 Å². The molecule has 0 saturated heterocycles. The van der Waals surface area contributed by atoms with Crippen molar-refractivity contribution < 1.29 is 14.3 Å². The normalized spacial score (nSPS) is 11.2. The molecule has 0 unspecified atom stereocenters. The van der Waals surface area contributed by atoms with Gasteiger partial charge in [-0.25, -0.2) is 0 Å². The van der Waals surface area contributed by atoms with E-state index in [0.29, 0.717) is 11.1 Å². The van der Waals surface area contributed by atoms with Crippen molar-refractivity contribution in [3.8, 4) is 5.88 Å². The van der Waals surface area contributed by atoms with Gasteiger partial charge in [-0.2, -0.15) is 4.68 Å². The van der Waals surface area contributed by atoms with Crippen LogP contribution in [0.15, 0.2) is 36.5 Å². The molecule has 2 N–H and O–H groups in total. The predicted molar refractivity (Wildman–Crippen MR) is 77.0 cm³/mol. The van der Waals surface area contributed by atoms with Crippen LogP contribution in [0.25, 0.3) is 0 Å². The second-order valence-electron chi connectivity index (χ2n) is 5.21. The Morgan fingerprint density at radius 1 is 1.24 bits per heavy atom. The topological polar surface area (TPSA) is 87.2 Å². The Morgan fingerprint density at radius 2 is 1.86 bits per heavy atom. The first kappa shape index (κ1) is 14.8. The molecule has 0 radical (unpaired) electrons. The van der Waals surface area contributed by atoms with Gasteiger partial charge in [0.25, 0.3) is 11.8 Å². The van der Waals surface area contributed by atoms with E-state index in [0.717, 1.165) is 0 Å². The summed E-state index contributed by atoms with van der Waals surface area (Å²) in [6.45, 7) is 4.84. The highest BCUT2D eigenvalue weighted by Gasteiger charge is 2.29. The molecule has 6 heteroatoms. The lowest BCUT2D eigenvalue weighted by atomic mass is 10.1. The van der Waals surface area contributed by atoms with Gasteiger partial charge in [0.15, 0.2) is 5.60 Å². The largest absolute Gasteiger partial charge is 0.460 e. The summed E-state index contributed by atoms with van der Waals surface area (Å²) >= 11 is 0. The van der Waals surface area contributed by atoms with E-state index in [1.165, 1.54) is 4.68 Å². The predicted octanol–water partition coefficient (Wildman–Crippen LogP) is 1.52. The van der Waals surface area contributed by atoms with Crippen LogP contribution in [0, 0.1) is 6.92 Å². The number of amides is 1. The van der Waals surface area contributed by atoms with Crippen molar-refractivity contribution in [1.29, 1.82) is 0 Å². The van der Waals surface area contributed by atoms with Crippen molar-refractivity contribution in [2.24, 2.45) is 5.73 Å². The van der Waals surface area contributed by atoms with Crippen molar-refractivity contribution in [1.82, 2.24) is 9.78 Å². The summed E-state index contributed by atoms with van der Waals surface area (Å²) in [6.07, 6.45) is 1.56. The van der Waals surface area contributed by atoms with Crippen LogP contribution in [-0.2, 0) is 4.79 Å². The fourth-order valence-corrected chi connectivity index (χ4v) is 1.65. The van der Waals surface area contributed by atoms with Crippen LogP contribution in [0.2, 0.25) is 0 Å². The molecule has 0 saturated carbocycles. The van der Waals surface area contributed by atoms with Crippen LogP contribution < -0.4 is 10.5 Å². The molecule has 1 amide bonds. The second kappa shape index (κ2) is 5.40. The van der Waals surface area contributed by atoms with E-state index in [9.17, 15) is 9.59 Å². The average Bonchev–Trinajstić information content (AvgIpc) is 2.79. The fourth-order valence-electron chi connectivity index (χ4n) is 1.65. The van der Waals surface area contributed by atoms with Crippen LogP contribution >= 0.6 is 0 Å². The maximum Gasteiger partial charge on any atom is 0.278 e. The van der Waals surface area contributed by atoms with Gasteiger partial charge in [0.05, 0.1) is 0 Å². The first-order valence-electron chi connectivity index (χ1n) is 6.46. The maximum atomic E-state index is 12.3. The molecule has 0 bridgehead atoms. The number of rotatable bonds is 4.